The lowest BCUT2D eigenvalue weighted by Crippen LogP contribution is -2.46. The van der Waals surface area contributed by atoms with E-state index in [1.807, 2.05) is 6.92 Å². The van der Waals surface area contributed by atoms with Crippen LogP contribution in [-0.2, 0) is 23.8 Å². The monoisotopic (exact) mass is 301 g/mol. The van der Waals surface area contributed by atoms with Gasteiger partial charge in [-0.15, -0.1) is 0 Å². The van der Waals surface area contributed by atoms with Gasteiger partial charge in [-0.3, -0.25) is 4.79 Å². The zero-order valence-electron chi connectivity index (χ0n) is 13.2. The number of esters is 1. The molecule has 2 amide bonds. The van der Waals surface area contributed by atoms with Crippen molar-refractivity contribution in [1.82, 2.24) is 4.90 Å². The predicted octanol–water partition coefficient (Wildman–Crippen LogP) is 1.49. The highest BCUT2D eigenvalue weighted by Crippen LogP contribution is 2.25. The number of amides is 2. The molecule has 2 atom stereocenters. The van der Waals surface area contributed by atoms with Gasteiger partial charge in [0, 0.05) is 13.0 Å². The summed E-state index contributed by atoms with van der Waals surface area (Å²) < 4.78 is 15.2. The van der Waals surface area contributed by atoms with Gasteiger partial charge in [0.05, 0.1) is 7.11 Å². The molecule has 0 N–H and O–H groups in total. The van der Waals surface area contributed by atoms with Crippen LogP contribution in [0.5, 0.6) is 0 Å². The number of methoxy groups -OCH3 is 1. The van der Waals surface area contributed by atoms with E-state index in [1.165, 1.54) is 7.11 Å². The lowest BCUT2D eigenvalue weighted by atomic mass is 10.2. The molecule has 7 nitrogen and oxygen atoms in total. The Bertz CT molecular complexity index is 414. The molecule has 0 aromatic rings. The van der Waals surface area contributed by atoms with Crippen LogP contribution in [0.4, 0.5) is 4.79 Å². The van der Waals surface area contributed by atoms with E-state index in [1.54, 1.807) is 20.8 Å². The lowest BCUT2D eigenvalue weighted by molar-refractivity contribution is -0.149. The molecule has 0 spiro atoms. The highest BCUT2D eigenvalue weighted by molar-refractivity contribution is 6.01. The third-order valence-corrected chi connectivity index (χ3v) is 2.85. The number of rotatable bonds is 4. The summed E-state index contributed by atoms with van der Waals surface area (Å²) in [5.41, 5.74) is -0.763. The summed E-state index contributed by atoms with van der Waals surface area (Å²) in [6.45, 7) is 7.34. The summed E-state index contributed by atoms with van der Waals surface area (Å²) in [4.78, 5) is 37.0. The van der Waals surface area contributed by atoms with Crippen LogP contribution in [0.3, 0.4) is 0 Å². The second-order valence-electron chi connectivity index (χ2n) is 5.82. The number of imide groups is 1. The van der Waals surface area contributed by atoms with Crippen molar-refractivity contribution < 1.29 is 28.6 Å². The first-order valence-corrected chi connectivity index (χ1v) is 6.96. The summed E-state index contributed by atoms with van der Waals surface area (Å²) in [5, 5.41) is 0. The summed E-state index contributed by atoms with van der Waals surface area (Å²) in [5.74, 6) is -1.22. The number of nitrogens with zero attached hydrogens (tertiary/aromatic N) is 1. The molecule has 0 aliphatic carbocycles. The van der Waals surface area contributed by atoms with E-state index in [0.29, 0.717) is 6.61 Å². The van der Waals surface area contributed by atoms with Crippen molar-refractivity contribution in [3.05, 3.63) is 0 Å². The summed E-state index contributed by atoms with van der Waals surface area (Å²) >= 11 is 0. The Morgan fingerprint density at radius 1 is 1.33 bits per heavy atom. The highest BCUT2D eigenvalue weighted by Gasteiger charge is 2.49. The van der Waals surface area contributed by atoms with Crippen LogP contribution in [-0.4, -0.2) is 54.3 Å². The van der Waals surface area contributed by atoms with Gasteiger partial charge >= 0.3 is 12.1 Å². The van der Waals surface area contributed by atoms with Gasteiger partial charge in [-0.05, 0) is 27.2 Å². The fourth-order valence-corrected chi connectivity index (χ4v) is 1.98. The first-order valence-electron chi connectivity index (χ1n) is 6.96. The van der Waals surface area contributed by atoms with Crippen LogP contribution >= 0.6 is 0 Å². The Hall–Kier alpha value is -1.63. The largest absolute Gasteiger partial charge is 0.467 e. The Morgan fingerprint density at radius 3 is 2.43 bits per heavy atom. The third kappa shape index (κ3) is 4.42. The molecule has 1 rings (SSSR count). The normalized spacial score (nSPS) is 22.3. The van der Waals surface area contributed by atoms with Gasteiger partial charge < -0.3 is 14.2 Å². The van der Waals surface area contributed by atoms with Crippen LogP contribution in [0.15, 0.2) is 0 Å². The molecule has 0 saturated carbocycles. The van der Waals surface area contributed by atoms with Crippen LogP contribution < -0.4 is 0 Å². The second kappa shape index (κ2) is 6.89. The van der Waals surface area contributed by atoms with Gasteiger partial charge in [0.15, 0.2) is 0 Å². The zero-order chi connectivity index (χ0) is 16.2. The van der Waals surface area contributed by atoms with E-state index in [9.17, 15) is 14.4 Å². The number of ether oxygens (including phenoxy) is 3. The SMILES string of the molecule is CCCO[C@H]1CC(C(=O)OC)N(C(=O)OC(C)(C)C)C1=O. The van der Waals surface area contributed by atoms with Crippen LogP contribution in [0.25, 0.3) is 0 Å². The molecule has 1 unspecified atom stereocenters. The van der Waals surface area contributed by atoms with Crippen molar-refractivity contribution in [1.29, 1.82) is 0 Å². The van der Waals surface area contributed by atoms with Crippen molar-refractivity contribution in [3.8, 4) is 0 Å². The molecule has 7 heteroatoms. The maximum absolute atomic E-state index is 12.3. The van der Waals surface area contributed by atoms with Crippen molar-refractivity contribution in [2.45, 2.75) is 58.3 Å². The van der Waals surface area contributed by atoms with Gasteiger partial charge in [-0.25, -0.2) is 14.5 Å². The summed E-state index contributed by atoms with van der Waals surface area (Å²) in [6.07, 6.45) is -0.851. The fraction of sp³-hybridized carbons (Fsp3) is 0.786. The Labute approximate surface area is 124 Å². The average molecular weight is 301 g/mol. The number of likely N-dealkylation sites (tertiary alicyclic amines) is 1. The minimum absolute atomic E-state index is 0.0880. The van der Waals surface area contributed by atoms with E-state index in [2.05, 4.69) is 4.74 Å². The zero-order valence-corrected chi connectivity index (χ0v) is 13.2. The number of carbonyl (C=O) groups excluding carboxylic acids is 3. The van der Waals surface area contributed by atoms with Gasteiger partial charge in [0.25, 0.3) is 5.91 Å². The third-order valence-electron chi connectivity index (χ3n) is 2.85. The molecule has 1 heterocycles. The van der Waals surface area contributed by atoms with Crippen LogP contribution in [0.2, 0.25) is 0 Å². The number of hydrogen-bond donors (Lipinski definition) is 0. The van der Waals surface area contributed by atoms with Gasteiger partial charge in [0.2, 0.25) is 0 Å². The molecule has 21 heavy (non-hydrogen) atoms. The molecular formula is C14H23NO6. The Kier molecular flexibility index (Phi) is 5.71. The molecule has 120 valence electrons. The molecule has 1 saturated heterocycles. The van der Waals surface area contributed by atoms with E-state index in [-0.39, 0.29) is 6.42 Å². The van der Waals surface area contributed by atoms with Gasteiger partial charge in [-0.1, -0.05) is 6.92 Å². The van der Waals surface area contributed by atoms with Gasteiger partial charge in [-0.2, -0.15) is 0 Å². The van der Waals surface area contributed by atoms with Crippen LogP contribution in [0.1, 0.15) is 40.5 Å². The van der Waals surface area contributed by atoms with Crippen molar-refractivity contribution in [3.63, 3.8) is 0 Å². The smallest absolute Gasteiger partial charge is 0.417 e. The first-order chi connectivity index (χ1) is 9.71. The maximum atomic E-state index is 12.3. The molecule has 0 bridgehead atoms. The van der Waals surface area contributed by atoms with Crippen molar-refractivity contribution >= 4 is 18.0 Å². The molecule has 1 aliphatic heterocycles. The molecular weight excluding hydrogens is 278 g/mol. The quantitative estimate of drug-likeness (QED) is 0.732. The number of hydrogen-bond acceptors (Lipinski definition) is 6. The van der Waals surface area contributed by atoms with Crippen LogP contribution in [0, 0.1) is 0 Å². The number of carbonyl (C=O) groups is 3. The standard InChI is InChI=1S/C14H23NO6/c1-6-7-20-10-8-9(12(17)19-5)15(11(10)16)13(18)21-14(2,3)4/h9-10H,6-8H2,1-5H3/t9?,10-/m0/s1. The lowest BCUT2D eigenvalue weighted by Gasteiger charge is -2.26. The van der Waals surface area contributed by atoms with Gasteiger partial charge in [0.1, 0.15) is 17.7 Å². The molecule has 0 aromatic carbocycles. The summed E-state index contributed by atoms with van der Waals surface area (Å²) in [6, 6.07) is -1.00. The highest BCUT2D eigenvalue weighted by atomic mass is 16.6. The molecule has 0 radical (unpaired) electrons. The molecule has 1 fully saturated rings. The maximum Gasteiger partial charge on any atom is 0.417 e. The van der Waals surface area contributed by atoms with Crippen molar-refractivity contribution in [2.75, 3.05) is 13.7 Å². The molecule has 0 aromatic heterocycles. The van der Waals surface area contributed by atoms with E-state index in [0.717, 1.165) is 11.3 Å². The average Bonchev–Trinajstić information content (AvgIpc) is 2.70. The Balaban J connectivity index is 2.92. The van der Waals surface area contributed by atoms with E-state index >= 15 is 0 Å². The second-order valence-corrected chi connectivity index (χ2v) is 5.82. The predicted molar refractivity (Wildman–Crippen MR) is 73.5 cm³/mol. The Morgan fingerprint density at radius 2 is 1.95 bits per heavy atom. The van der Waals surface area contributed by atoms with Crippen molar-refractivity contribution in [2.24, 2.45) is 0 Å². The topological polar surface area (TPSA) is 82.1 Å². The van der Waals surface area contributed by atoms with E-state index < -0.39 is 35.7 Å². The fourth-order valence-electron chi connectivity index (χ4n) is 1.98. The van der Waals surface area contributed by atoms with E-state index in [4.69, 9.17) is 9.47 Å². The first kappa shape index (κ1) is 17.4. The minimum Gasteiger partial charge on any atom is -0.467 e. The summed E-state index contributed by atoms with van der Waals surface area (Å²) in [7, 11) is 1.21. The minimum atomic E-state index is -1.00. The molecule has 1 aliphatic rings.